The van der Waals surface area contributed by atoms with E-state index in [9.17, 15) is 4.79 Å². The van der Waals surface area contributed by atoms with E-state index in [0.29, 0.717) is 12.3 Å². The fraction of sp³-hybridized carbons (Fsp3) is 0.500. The average Bonchev–Trinajstić information content (AvgIpc) is 2.88. The Morgan fingerprint density at radius 2 is 2.14 bits per heavy atom. The zero-order chi connectivity index (χ0) is 14.7. The lowest BCUT2D eigenvalue weighted by molar-refractivity contribution is -0.137. The van der Waals surface area contributed by atoms with Crippen LogP contribution in [0.4, 0.5) is 0 Å². The van der Waals surface area contributed by atoms with Crippen molar-refractivity contribution < 1.29 is 9.90 Å². The number of aliphatic carboxylic acids is 1. The largest absolute Gasteiger partial charge is 0.481 e. The Morgan fingerprint density at radius 1 is 1.33 bits per heavy atom. The van der Waals surface area contributed by atoms with E-state index in [1.54, 1.807) is 0 Å². The van der Waals surface area contributed by atoms with Gasteiger partial charge in [-0.05, 0) is 50.4 Å². The van der Waals surface area contributed by atoms with Crippen LogP contribution < -0.4 is 0 Å². The third kappa shape index (κ3) is 3.61. The molecule has 0 unspecified atom stereocenters. The number of fused-ring (bicyclic) bond motifs is 1. The van der Waals surface area contributed by atoms with Gasteiger partial charge in [-0.1, -0.05) is 6.07 Å². The van der Waals surface area contributed by atoms with Crippen molar-refractivity contribution in [1.82, 2.24) is 14.3 Å². The topological polar surface area (TPSA) is 57.8 Å². The van der Waals surface area contributed by atoms with Crippen molar-refractivity contribution in [2.75, 3.05) is 13.1 Å². The van der Waals surface area contributed by atoms with Gasteiger partial charge in [0.1, 0.15) is 5.65 Å². The molecule has 1 fully saturated rings. The predicted molar refractivity (Wildman–Crippen MR) is 80.1 cm³/mol. The number of hydrogen-bond acceptors (Lipinski definition) is 3. The van der Waals surface area contributed by atoms with Crippen LogP contribution in [0, 0.1) is 5.92 Å². The molecule has 3 rings (SSSR count). The van der Waals surface area contributed by atoms with Gasteiger partial charge in [0.25, 0.3) is 0 Å². The number of rotatable bonds is 5. The first-order valence-corrected chi connectivity index (χ1v) is 7.57. The first-order chi connectivity index (χ1) is 10.2. The van der Waals surface area contributed by atoms with Crippen molar-refractivity contribution in [2.24, 2.45) is 5.92 Å². The van der Waals surface area contributed by atoms with Crippen molar-refractivity contribution >= 4 is 11.6 Å². The van der Waals surface area contributed by atoms with E-state index in [1.807, 2.05) is 24.4 Å². The van der Waals surface area contributed by atoms with Gasteiger partial charge in [-0.3, -0.25) is 9.69 Å². The van der Waals surface area contributed by atoms with Crippen LogP contribution in [0.1, 0.15) is 31.4 Å². The molecule has 112 valence electrons. The Hall–Kier alpha value is -1.88. The molecule has 1 aliphatic rings. The van der Waals surface area contributed by atoms with Crippen molar-refractivity contribution in [3.05, 3.63) is 36.3 Å². The number of imidazole rings is 1. The second-order valence-corrected chi connectivity index (χ2v) is 5.85. The number of likely N-dealkylation sites (tertiary alicyclic amines) is 1. The van der Waals surface area contributed by atoms with Crippen LogP contribution in [-0.4, -0.2) is 38.4 Å². The summed E-state index contributed by atoms with van der Waals surface area (Å²) < 4.78 is 2.05. The first-order valence-electron chi connectivity index (χ1n) is 7.57. The number of hydrogen-bond donors (Lipinski definition) is 1. The molecule has 2 aromatic rings. The van der Waals surface area contributed by atoms with Gasteiger partial charge in [-0.15, -0.1) is 0 Å². The molecule has 0 saturated carbocycles. The molecule has 1 N–H and O–H groups in total. The van der Waals surface area contributed by atoms with E-state index < -0.39 is 5.97 Å². The highest BCUT2D eigenvalue weighted by Crippen LogP contribution is 2.23. The second kappa shape index (κ2) is 6.26. The van der Waals surface area contributed by atoms with Crippen molar-refractivity contribution in [2.45, 2.75) is 32.2 Å². The van der Waals surface area contributed by atoms with Crippen LogP contribution in [0.3, 0.4) is 0 Å². The van der Waals surface area contributed by atoms with E-state index in [2.05, 4.69) is 20.5 Å². The van der Waals surface area contributed by atoms with E-state index in [0.717, 1.165) is 50.2 Å². The van der Waals surface area contributed by atoms with Crippen LogP contribution in [0.5, 0.6) is 0 Å². The van der Waals surface area contributed by atoms with Gasteiger partial charge in [0.2, 0.25) is 0 Å². The number of carbonyl (C=O) groups is 1. The van der Waals surface area contributed by atoms with E-state index >= 15 is 0 Å². The molecule has 0 amide bonds. The summed E-state index contributed by atoms with van der Waals surface area (Å²) in [5.41, 5.74) is 2.09. The average molecular weight is 287 g/mol. The minimum Gasteiger partial charge on any atom is -0.481 e. The van der Waals surface area contributed by atoms with Gasteiger partial charge < -0.3 is 9.51 Å². The molecule has 1 saturated heterocycles. The summed E-state index contributed by atoms with van der Waals surface area (Å²) in [6, 6.07) is 6.02. The third-order valence-corrected chi connectivity index (χ3v) is 4.27. The molecule has 0 aliphatic carbocycles. The summed E-state index contributed by atoms with van der Waals surface area (Å²) in [6.45, 7) is 2.96. The highest BCUT2D eigenvalue weighted by Gasteiger charge is 2.20. The molecule has 0 atom stereocenters. The van der Waals surface area contributed by atoms with Crippen LogP contribution in [0.25, 0.3) is 5.65 Å². The summed E-state index contributed by atoms with van der Waals surface area (Å²) >= 11 is 0. The lowest BCUT2D eigenvalue weighted by atomic mass is 9.92. The Bertz CT molecular complexity index is 582. The number of carboxylic acids is 1. The second-order valence-electron chi connectivity index (χ2n) is 5.85. The smallest absolute Gasteiger partial charge is 0.303 e. The molecule has 5 nitrogen and oxygen atoms in total. The zero-order valence-electron chi connectivity index (χ0n) is 12.1. The van der Waals surface area contributed by atoms with Crippen LogP contribution in [0.2, 0.25) is 0 Å². The molecule has 3 heterocycles. The highest BCUT2D eigenvalue weighted by molar-refractivity contribution is 5.66. The monoisotopic (exact) mass is 287 g/mol. The minimum absolute atomic E-state index is 0.303. The Morgan fingerprint density at radius 3 is 2.86 bits per heavy atom. The van der Waals surface area contributed by atoms with Gasteiger partial charge in [0.15, 0.2) is 0 Å². The van der Waals surface area contributed by atoms with Crippen molar-refractivity contribution in [3.8, 4) is 0 Å². The van der Waals surface area contributed by atoms with Crippen molar-refractivity contribution in [1.29, 1.82) is 0 Å². The van der Waals surface area contributed by atoms with Gasteiger partial charge in [-0.2, -0.15) is 0 Å². The molecule has 5 heteroatoms. The number of pyridine rings is 1. The van der Waals surface area contributed by atoms with E-state index in [1.165, 1.54) is 0 Å². The number of carboxylic acid groups (broad SMARTS) is 1. The minimum atomic E-state index is -0.679. The number of piperidine rings is 1. The van der Waals surface area contributed by atoms with Gasteiger partial charge in [0, 0.05) is 25.4 Å². The third-order valence-electron chi connectivity index (χ3n) is 4.27. The summed E-state index contributed by atoms with van der Waals surface area (Å²) in [4.78, 5) is 17.7. The summed E-state index contributed by atoms with van der Waals surface area (Å²) in [6.07, 6.45) is 7.42. The maximum Gasteiger partial charge on any atom is 0.303 e. The molecular formula is C16H21N3O2. The summed E-state index contributed by atoms with van der Waals surface area (Å²) in [7, 11) is 0. The SMILES string of the molecule is O=C(O)CCC1CCN(Cc2cn3ccccc3n2)CC1. The maximum atomic E-state index is 10.6. The van der Waals surface area contributed by atoms with Gasteiger partial charge in [0.05, 0.1) is 5.69 Å². The summed E-state index contributed by atoms with van der Waals surface area (Å²) in [5.74, 6) is -0.111. The highest BCUT2D eigenvalue weighted by atomic mass is 16.4. The van der Waals surface area contributed by atoms with E-state index in [-0.39, 0.29) is 0 Å². The normalized spacial score (nSPS) is 17.3. The molecular weight excluding hydrogens is 266 g/mol. The van der Waals surface area contributed by atoms with Crippen molar-refractivity contribution in [3.63, 3.8) is 0 Å². The maximum absolute atomic E-state index is 10.6. The zero-order valence-corrected chi connectivity index (χ0v) is 12.1. The Labute approximate surface area is 124 Å². The molecule has 0 bridgehead atoms. The fourth-order valence-corrected chi connectivity index (χ4v) is 3.05. The van der Waals surface area contributed by atoms with Crippen LogP contribution >= 0.6 is 0 Å². The summed E-state index contributed by atoms with van der Waals surface area (Å²) in [5, 5.41) is 8.74. The molecule has 1 aliphatic heterocycles. The Balaban J connectivity index is 1.52. The fourth-order valence-electron chi connectivity index (χ4n) is 3.05. The van der Waals surface area contributed by atoms with E-state index in [4.69, 9.17) is 5.11 Å². The predicted octanol–water partition coefficient (Wildman–Crippen LogP) is 2.41. The lowest BCUT2D eigenvalue weighted by Crippen LogP contribution is -2.33. The molecule has 2 aromatic heterocycles. The van der Waals surface area contributed by atoms with Gasteiger partial charge >= 0.3 is 5.97 Å². The first kappa shape index (κ1) is 14.1. The molecule has 0 spiro atoms. The molecule has 21 heavy (non-hydrogen) atoms. The lowest BCUT2D eigenvalue weighted by Gasteiger charge is -2.31. The molecule has 0 aromatic carbocycles. The van der Waals surface area contributed by atoms with Gasteiger partial charge in [-0.25, -0.2) is 4.98 Å². The van der Waals surface area contributed by atoms with Crippen LogP contribution in [0.15, 0.2) is 30.6 Å². The quantitative estimate of drug-likeness (QED) is 0.917. The number of aromatic nitrogens is 2. The number of nitrogens with zero attached hydrogens (tertiary/aromatic N) is 3. The van der Waals surface area contributed by atoms with Crippen LogP contribution in [-0.2, 0) is 11.3 Å². The Kier molecular flexibility index (Phi) is 4.20. The molecule has 0 radical (unpaired) electrons. The standard InChI is InChI=1S/C16H21N3O2/c20-16(21)5-4-13-6-9-18(10-7-13)11-14-12-19-8-2-1-3-15(19)17-14/h1-3,8,12-13H,4-7,9-11H2,(H,20,21).